The molecule has 20 heavy (non-hydrogen) atoms. The molecule has 1 aromatic heterocycles. The summed E-state index contributed by atoms with van der Waals surface area (Å²) in [4.78, 5) is 0. The summed E-state index contributed by atoms with van der Waals surface area (Å²) in [7, 11) is 0.803. The topological polar surface area (TPSA) is 14.2 Å². The summed E-state index contributed by atoms with van der Waals surface area (Å²) in [5.41, 5.74) is 4.62. The van der Waals surface area contributed by atoms with Crippen LogP contribution in [0.25, 0.3) is 6.08 Å². The first kappa shape index (κ1) is 14.4. The van der Waals surface area contributed by atoms with Crippen LogP contribution >= 0.6 is 8.73 Å². The van der Waals surface area contributed by atoms with Crippen molar-refractivity contribution in [2.75, 3.05) is 6.66 Å². The van der Waals surface area contributed by atoms with Crippen LogP contribution in [0.3, 0.4) is 0 Å². The maximum atomic E-state index is 6.39. The van der Waals surface area contributed by atoms with E-state index in [1.807, 2.05) is 0 Å². The molecule has 2 heterocycles. The van der Waals surface area contributed by atoms with Gasteiger partial charge in [0, 0.05) is 11.9 Å². The van der Waals surface area contributed by atoms with Gasteiger partial charge >= 0.3 is 6.92 Å². The molecule has 2 nitrogen and oxygen atoms in total. The smallest absolute Gasteiger partial charge is 0.324 e. The predicted molar refractivity (Wildman–Crippen MR) is 89.9 cm³/mol. The highest BCUT2D eigenvalue weighted by molar-refractivity contribution is 7.35. The standard InChI is InChI=1S/C16H25BNOP/c1-15(2)11-17(19-16(15,3)4)13-7-6-12-8-9-18(20-5)14(12)10-13/h8-10,20H,6-7,11H2,1-5H3. The molecular formula is C16H25BNOP. The summed E-state index contributed by atoms with van der Waals surface area (Å²) in [6.45, 7) is 11.7. The van der Waals surface area contributed by atoms with E-state index in [0.29, 0.717) is 6.92 Å². The lowest BCUT2D eigenvalue weighted by molar-refractivity contribution is 0.0370. The van der Waals surface area contributed by atoms with E-state index < -0.39 is 0 Å². The lowest BCUT2D eigenvalue weighted by Gasteiger charge is -2.34. The molecule has 0 spiro atoms. The fourth-order valence-corrected chi connectivity index (χ4v) is 3.98. The van der Waals surface area contributed by atoms with E-state index in [-0.39, 0.29) is 11.0 Å². The first-order valence-electron chi connectivity index (χ1n) is 7.60. The highest BCUT2D eigenvalue weighted by Crippen LogP contribution is 2.48. The van der Waals surface area contributed by atoms with E-state index in [4.69, 9.17) is 4.65 Å². The minimum absolute atomic E-state index is 0.0344. The van der Waals surface area contributed by atoms with E-state index >= 15 is 0 Å². The van der Waals surface area contributed by atoms with Crippen molar-refractivity contribution in [1.29, 1.82) is 0 Å². The van der Waals surface area contributed by atoms with Crippen LogP contribution in [0, 0.1) is 5.41 Å². The van der Waals surface area contributed by atoms with Gasteiger partial charge in [-0.2, -0.15) is 0 Å². The molecule has 2 aliphatic rings. The maximum Gasteiger partial charge on any atom is 0.324 e. The van der Waals surface area contributed by atoms with Crippen molar-refractivity contribution < 1.29 is 4.65 Å². The van der Waals surface area contributed by atoms with Gasteiger partial charge in [-0.1, -0.05) is 19.3 Å². The van der Waals surface area contributed by atoms with E-state index in [1.54, 1.807) is 0 Å². The summed E-state index contributed by atoms with van der Waals surface area (Å²) in [5, 5.41) is 0. The molecule has 1 atom stereocenters. The zero-order valence-corrected chi connectivity index (χ0v) is 14.3. The van der Waals surface area contributed by atoms with E-state index in [0.717, 1.165) is 21.5 Å². The van der Waals surface area contributed by atoms with Crippen LogP contribution in [0.4, 0.5) is 0 Å². The Labute approximate surface area is 124 Å². The van der Waals surface area contributed by atoms with Crippen LogP contribution in [-0.4, -0.2) is 23.5 Å². The highest BCUT2D eigenvalue weighted by atomic mass is 31.1. The second-order valence-electron chi connectivity index (χ2n) is 7.24. The van der Waals surface area contributed by atoms with Crippen LogP contribution in [0.5, 0.6) is 0 Å². The van der Waals surface area contributed by atoms with Gasteiger partial charge in [0.1, 0.15) is 0 Å². The van der Waals surface area contributed by atoms with E-state index in [9.17, 15) is 0 Å². The first-order chi connectivity index (χ1) is 9.34. The largest absolute Gasteiger partial charge is 0.426 e. The number of hydrogen-bond donors (Lipinski definition) is 0. The maximum absolute atomic E-state index is 6.39. The lowest BCUT2D eigenvalue weighted by atomic mass is 9.52. The molecule has 4 heteroatoms. The number of aryl methyl sites for hydroxylation is 1. The van der Waals surface area contributed by atoms with Crippen LogP contribution < -0.4 is 0 Å². The third kappa shape index (κ3) is 2.20. The van der Waals surface area contributed by atoms with Crippen LogP contribution in [0.15, 0.2) is 17.7 Å². The van der Waals surface area contributed by atoms with Gasteiger partial charge in [-0.25, -0.2) is 0 Å². The molecule has 0 amide bonds. The number of fused-ring (bicyclic) bond motifs is 1. The van der Waals surface area contributed by atoms with Crippen molar-refractivity contribution in [3.63, 3.8) is 0 Å². The minimum atomic E-state index is -0.0344. The fourth-order valence-electron chi connectivity index (χ4n) is 3.31. The summed E-state index contributed by atoms with van der Waals surface area (Å²) in [6, 6.07) is 2.28. The number of allylic oxidation sites excluding steroid dienone is 1. The molecule has 0 radical (unpaired) electrons. The van der Waals surface area contributed by atoms with E-state index in [2.05, 4.69) is 57.0 Å². The Morgan fingerprint density at radius 2 is 2.00 bits per heavy atom. The molecule has 1 aromatic rings. The van der Waals surface area contributed by atoms with Gasteiger partial charge in [0.25, 0.3) is 0 Å². The third-order valence-corrected chi connectivity index (χ3v) is 6.31. The van der Waals surface area contributed by atoms with Crippen LogP contribution in [0.2, 0.25) is 6.32 Å². The van der Waals surface area contributed by atoms with Crippen molar-refractivity contribution in [3.8, 4) is 0 Å². The van der Waals surface area contributed by atoms with Gasteiger partial charge in [0.15, 0.2) is 0 Å². The number of aromatic nitrogens is 1. The average Bonchev–Trinajstić information content (AvgIpc) is 2.87. The minimum Gasteiger partial charge on any atom is -0.426 e. The lowest BCUT2D eigenvalue weighted by Crippen LogP contribution is -2.34. The SMILES string of the molecule is CPn1ccc2c1C=C(B1CC(C)(C)C(C)(C)O1)CC2. The van der Waals surface area contributed by atoms with Gasteiger partial charge < -0.3 is 8.99 Å². The number of rotatable bonds is 2. The highest BCUT2D eigenvalue weighted by Gasteiger charge is 2.50. The Hall–Kier alpha value is -0.525. The molecule has 0 saturated carbocycles. The van der Waals surface area contributed by atoms with Crippen LogP contribution in [-0.2, 0) is 11.1 Å². The van der Waals surface area contributed by atoms with E-state index in [1.165, 1.54) is 23.2 Å². The van der Waals surface area contributed by atoms with Crippen molar-refractivity contribution in [2.24, 2.45) is 5.41 Å². The second-order valence-corrected chi connectivity index (χ2v) is 8.17. The molecular weight excluding hydrogens is 264 g/mol. The first-order valence-corrected chi connectivity index (χ1v) is 9.05. The summed E-state index contributed by atoms with van der Waals surface area (Å²) < 4.78 is 8.77. The molecule has 1 fully saturated rings. The zero-order chi connectivity index (χ0) is 14.5. The van der Waals surface area contributed by atoms with Crippen LogP contribution in [0.1, 0.15) is 45.4 Å². The fraction of sp³-hybridized carbons (Fsp3) is 0.625. The monoisotopic (exact) mass is 289 g/mol. The summed E-state index contributed by atoms with van der Waals surface area (Å²) >= 11 is 0. The molecule has 0 aromatic carbocycles. The van der Waals surface area contributed by atoms with Gasteiger partial charge in [0.2, 0.25) is 0 Å². The number of hydrogen-bond acceptors (Lipinski definition) is 1. The van der Waals surface area contributed by atoms with Crippen molar-refractivity contribution >= 4 is 21.7 Å². The molecule has 1 aliphatic heterocycles. The summed E-state index contributed by atoms with van der Waals surface area (Å²) in [6.07, 6.45) is 8.08. The Morgan fingerprint density at radius 3 is 2.60 bits per heavy atom. The molecule has 0 bridgehead atoms. The van der Waals surface area contributed by atoms with Gasteiger partial charge in [-0.05, 0) is 71.5 Å². The summed E-state index contributed by atoms with van der Waals surface area (Å²) in [5.74, 6) is 0. The Morgan fingerprint density at radius 1 is 1.25 bits per heavy atom. The number of nitrogens with zero attached hydrogens (tertiary/aromatic N) is 1. The van der Waals surface area contributed by atoms with Crippen molar-refractivity contribution in [2.45, 2.75) is 52.5 Å². The zero-order valence-electron chi connectivity index (χ0n) is 13.3. The Kier molecular flexibility index (Phi) is 3.42. The molecule has 1 saturated heterocycles. The Bertz CT molecular complexity index is 543. The van der Waals surface area contributed by atoms with Gasteiger partial charge in [0.05, 0.1) is 5.60 Å². The average molecular weight is 289 g/mol. The molecule has 1 unspecified atom stereocenters. The Balaban J connectivity index is 1.90. The van der Waals surface area contributed by atoms with Gasteiger partial charge in [-0.15, -0.1) is 0 Å². The predicted octanol–water partition coefficient (Wildman–Crippen LogP) is 4.25. The van der Waals surface area contributed by atoms with Crippen molar-refractivity contribution in [1.82, 2.24) is 4.34 Å². The normalized spacial score (nSPS) is 24.2. The molecule has 1 aliphatic carbocycles. The molecule has 3 rings (SSSR count). The van der Waals surface area contributed by atoms with Crippen molar-refractivity contribution in [3.05, 3.63) is 29.0 Å². The second kappa shape index (κ2) is 4.75. The third-order valence-electron chi connectivity index (χ3n) is 5.44. The molecule has 108 valence electrons. The molecule has 0 N–H and O–H groups in total. The van der Waals surface area contributed by atoms with Gasteiger partial charge in [-0.3, -0.25) is 0 Å². The quantitative estimate of drug-likeness (QED) is 0.586.